The van der Waals surface area contributed by atoms with Crippen LogP contribution < -0.4 is 10.5 Å². The zero-order valence-electron chi connectivity index (χ0n) is 17.7. The number of nitrogens with two attached hydrogens (primary N) is 1. The summed E-state index contributed by atoms with van der Waals surface area (Å²) >= 11 is 0. The summed E-state index contributed by atoms with van der Waals surface area (Å²) in [6.07, 6.45) is 1.91. The molecule has 0 amide bonds. The fraction of sp³-hybridized carbons (Fsp3) is 0.476. The molecule has 5 atom stereocenters. The van der Waals surface area contributed by atoms with E-state index in [1.807, 2.05) is 42.7 Å². The Balaban J connectivity index is 1.59. The van der Waals surface area contributed by atoms with E-state index in [-0.39, 0.29) is 24.4 Å². The van der Waals surface area contributed by atoms with Crippen molar-refractivity contribution in [1.29, 1.82) is 0 Å². The highest BCUT2D eigenvalue weighted by molar-refractivity contribution is 7.19. The van der Waals surface area contributed by atoms with E-state index in [1.165, 1.54) is 0 Å². The number of hydrogen-bond donors (Lipinski definition) is 1. The second kappa shape index (κ2) is 8.10. The molecule has 9 heteroatoms. The Morgan fingerprint density at radius 3 is 2.67 bits per heavy atom. The molecule has 8 nitrogen and oxygen atoms in total. The quantitative estimate of drug-likeness (QED) is 0.601. The Hall–Kier alpha value is -2.28. The van der Waals surface area contributed by atoms with Crippen molar-refractivity contribution in [3.63, 3.8) is 0 Å². The van der Waals surface area contributed by atoms with E-state index >= 15 is 0 Å². The number of aryl methyl sites for hydroxylation is 1. The minimum Gasteiger partial charge on any atom is -0.497 e. The lowest BCUT2D eigenvalue weighted by molar-refractivity contribution is -0.0322. The van der Waals surface area contributed by atoms with Crippen LogP contribution in [0.3, 0.4) is 0 Å². The first-order valence-electron chi connectivity index (χ1n) is 10.0. The first-order valence-corrected chi connectivity index (χ1v) is 10.6. The Morgan fingerprint density at radius 1 is 1.27 bits per heavy atom. The fourth-order valence-electron chi connectivity index (χ4n) is 4.07. The third kappa shape index (κ3) is 3.64. The molecule has 0 bridgehead atoms. The van der Waals surface area contributed by atoms with Crippen LogP contribution in [0.15, 0.2) is 30.6 Å². The normalized spacial score (nSPS) is 26.4. The Bertz CT molecular complexity index is 1040. The summed E-state index contributed by atoms with van der Waals surface area (Å²) < 4.78 is 19.8. The zero-order valence-corrected chi connectivity index (χ0v) is 18.9. The average Bonchev–Trinajstić information content (AvgIpc) is 3.23. The Labute approximate surface area is 178 Å². The molecule has 1 aliphatic rings. The van der Waals surface area contributed by atoms with Gasteiger partial charge in [0.1, 0.15) is 17.5 Å². The van der Waals surface area contributed by atoms with Crippen LogP contribution in [0, 0.1) is 0 Å². The van der Waals surface area contributed by atoms with Crippen LogP contribution in [-0.4, -0.2) is 44.0 Å². The fourth-order valence-corrected chi connectivity index (χ4v) is 4.67. The van der Waals surface area contributed by atoms with E-state index in [1.54, 1.807) is 13.4 Å². The number of benzene rings is 1. The van der Waals surface area contributed by atoms with Crippen LogP contribution in [0.4, 0.5) is 5.95 Å². The SMILES string of the molecule is CCc1nc(N)nc2c1ncn2[C@@H]1O[C@H](C)[C@@H](OCc2ccc(OC)cc2)[C@@]1(C)P. The van der Waals surface area contributed by atoms with Crippen molar-refractivity contribution in [1.82, 2.24) is 19.5 Å². The number of fused-ring (bicyclic) bond motifs is 1. The van der Waals surface area contributed by atoms with Gasteiger partial charge in [0.15, 0.2) is 5.65 Å². The maximum Gasteiger partial charge on any atom is 0.222 e. The van der Waals surface area contributed by atoms with Crippen molar-refractivity contribution in [3.05, 3.63) is 41.9 Å². The lowest BCUT2D eigenvalue weighted by Crippen LogP contribution is -2.39. The standard InChI is InChI=1S/C21H28N5O3P/c1-5-15-16-18(25-20(22)24-15)26(11-23-16)19-21(3,30)17(12(2)29-19)28-10-13-6-8-14(27-4)9-7-13/h6-9,11-12,17,19H,5,10,30H2,1-4H3,(H2,22,24,25)/t12-,17-,19-,21-/m1/s1. The predicted octanol–water partition coefficient (Wildman–Crippen LogP) is 3.12. The molecule has 1 unspecified atom stereocenters. The number of aromatic nitrogens is 4. The number of anilines is 1. The van der Waals surface area contributed by atoms with Crippen molar-refractivity contribution in [2.45, 2.75) is 57.4 Å². The van der Waals surface area contributed by atoms with Crippen LogP contribution in [0.2, 0.25) is 0 Å². The molecule has 3 aromatic rings. The van der Waals surface area contributed by atoms with E-state index in [9.17, 15) is 0 Å². The van der Waals surface area contributed by atoms with Gasteiger partial charge in [-0.25, -0.2) is 9.97 Å². The minimum absolute atomic E-state index is 0.113. The minimum atomic E-state index is -0.397. The molecule has 160 valence electrons. The van der Waals surface area contributed by atoms with Gasteiger partial charge in [0, 0.05) is 0 Å². The average molecular weight is 429 g/mol. The van der Waals surface area contributed by atoms with Gasteiger partial charge in [0.25, 0.3) is 0 Å². The van der Waals surface area contributed by atoms with Crippen molar-refractivity contribution < 1.29 is 14.2 Å². The van der Waals surface area contributed by atoms with Gasteiger partial charge in [0.2, 0.25) is 5.95 Å². The molecule has 1 fully saturated rings. The van der Waals surface area contributed by atoms with Crippen LogP contribution in [0.5, 0.6) is 5.75 Å². The number of ether oxygens (including phenoxy) is 3. The summed E-state index contributed by atoms with van der Waals surface area (Å²) in [5.41, 5.74) is 9.29. The highest BCUT2D eigenvalue weighted by Gasteiger charge is 2.51. The van der Waals surface area contributed by atoms with Gasteiger partial charge in [-0.15, -0.1) is 9.24 Å². The topological polar surface area (TPSA) is 97.3 Å². The number of methoxy groups -OCH3 is 1. The molecule has 0 saturated carbocycles. The molecular formula is C21H28N5O3P. The monoisotopic (exact) mass is 429 g/mol. The van der Waals surface area contributed by atoms with Gasteiger partial charge < -0.3 is 19.9 Å². The molecule has 1 saturated heterocycles. The Morgan fingerprint density at radius 2 is 2.00 bits per heavy atom. The third-order valence-electron chi connectivity index (χ3n) is 5.60. The predicted molar refractivity (Wildman–Crippen MR) is 118 cm³/mol. The van der Waals surface area contributed by atoms with Crippen LogP contribution >= 0.6 is 9.24 Å². The lowest BCUT2D eigenvalue weighted by Gasteiger charge is -2.31. The highest BCUT2D eigenvalue weighted by atomic mass is 31.0. The molecule has 0 spiro atoms. The summed E-state index contributed by atoms with van der Waals surface area (Å²) in [5, 5.41) is -0.397. The van der Waals surface area contributed by atoms with Crippen molar-refractivity contribution >= 4 is 26.4 Å². The third-order valence-corrected chi connectivity index (χ3v) is 6.22. The molecule has 0 radical (unpaired) electrons. The van der Waals surface area contributed by atoms with Gasteiger partial charge in [0.05, 0.1) is 43.1 Å². The highest BCUT2D eigenvalue weighted by Crippen LogP contribution is 2.47. The molecule has 1 aromatic carbocycles. The van der Waals surface area contributed by atoms with Gasteiger partial charge >= 0.3 is 0 Å². The van der Waals surface area contributed by atoms with Crippen LogP contribution in [-0.2, 0) is 22.5 Å². The van der Waals surface area contributed by atoms with E-state index in [0.717, 1.165) is 28.9 Å². The van der Waals surface area contributed by atoms with Crippen molar-refractivity contribution in [2.75, 3.05) is 12.8 Å². The summed E-state index contributed by atoms with van der Waals surface area (Å²) in [4.78, 5) is 13.3. The zero-order chi connectivity index (χ0) is 21.5. The number of rotatable bonds is 6. The molecule has 0 aliphatic carbocycles. The first-order chi connectivity index (χ1) is 14.3. The maximum atomic E-state index is 6.34. The maximum absolute atomic E-state index is 6.34. The second-order valence-electron chi connectivity index (χ2n) is 7.85. The second-order valence-corrected chi connectivity index (χ2v) is 9.09. The van der Waals surface area contributed by atoms with Gasteiger partial charge in [-0.3, -0.25) is 4.57 Å². The molecule has 1 aliphatic heterocycles. The number of imidazole rings is 1. The van der Waals surface area contributed by atoms with Crippen LogP contribution in [0.1, 0.15) is 38.3 Å². The van der Waals surface area contributed by atoms with Crippen LogP contribution in [0.25, 0.3) is 11.2 Å². The molecular weight excluding hydrogens is 401 g/mol. The molecule has 2 N–H and O–H groups in total. The smallest absolute Gasteiger partial charge is 0.222 e. The molecule has 2 aromatic heterocycles. The molecule has 3 heterocycles. The molecule has 30 heavy (non-hydrogen) atoms. The number of nitrogens with zero attached hydrogens (tertiary/aromatic N) is 4. The summed E-state index contributed by atoms with van der Waals surface area (Å²) in [7, 11) is 4.58. The van der Waals surface area contributed by atoms with E-state index in [0.29, 0.717) is 12.3 Å². The van der Waals surface area contributed by atoms with Gasteiger partial charge in [-0.05, 0) is 38.0 Å². The van der Waals surface area contributed by atoms with E-state index in [4.69, 9.17) is 19.9 Å². The summed E-state index contributed by atoms with van der Waals surface area (Å²) in [6.45, 7) is 6.65. The van der Waals surface area contributed by atoms with E-state index < -0.39 is 5.16 Å². The summed E-state index contributed by atoms with van der Waals surface area (Å²) in [6, 6.07) is 7.88. The lowest BCUT2D eigenvalue weighted by atomic mass is 10.0. The van der Waals surface area contributed by atoms with Gasteiger partial charge in [-0.2, -0.15) is 4.98 Å². The van der Waals surface area contributed by atoms with E-state index in [2.05, 4.69) is 31.1 Å². The largest absolute Gasteiger partial charge is 0.497 e. The number of hydrogen-bond acceptors (Lipinski definition) is 7. The molecule has 4 rings (SSSR count). The summed E-state index contributed by atoms with van der Waals surface area (Å²) in [5.74, 6) is 1.07. The van der Waals surface area contributed by atoms with Crippen molar-refractivity contribution in [3.8, 4) is 5.75 Å². The van der Waals surface area contributed by atoms with Gasteiger partial charge in [-0.1, -0.05) is 19.1 Å². The van der Waals surface area contributed by atoms with Crippen molar-refractivity contribution in [2.24, 2.45) is 0 Å². The Kier molecular flexibility index (Phi) is 5.66. The number of nitrogen functional groups attached to an aromatic ring is 1. The first kappa shape index (κ1) is 21.0.